The van der Waals surface area contributed by atoms with E-state index in [0.717, 1.165) is 24.4 Å². The minimum absolute atomic E-state index is 0.733. The Morgan fingerprint density at radius 3 is 2.44 bits per heavy atom. The largest absolute Gasteiger partial charge is 0.316 e. The summed E-state index contributed by atoms with van der Waals surface area (Å²) < 4.78 is 0. The Morgan fingerprint density at radius 2 is 1.88 bits per heavy atom. The van der Waals surface area contributed by atoms with Crippen LogP contribution in [0.5, 0.6) is 0 Å². The summed E-state index contributed by atoms with van der Waals surface area (Å²) in [4.78, 5) is 2.68. The van der Waals surface area contributed by atoms with Gasteiger partial charge >= 0.3 is 0 Å². The van der Waals surface area contributed by atoms with Gasteiger partial charge in [0.05, 0.1) is 0 Å². The van der Waals surface area contributed by atoms with E-state index >= 15 is 0 Å². The molecule has 16 heavy (non-hydrogen) atoms. The highest BCUT2D eigenvalue weighted by Crippen LogP contribution is 2.20. The van der Waals surface area contributed by atoms with Gasteiger partial charge < -0.3 is 10.2 Å². The first-order valence-electron chi connectivity index (χ1n) is 7.09. The zero-order valence-electron chi connectivity index (χ0n) is 11.6. The Bertz CT molecular complexity index is 174. The summed E-state index contributed by atoms with van der Waals surface area (Å²) in [5.74, 6) is 1.71. The molecule has 1 aliphatic rings. The molecule has 1 saturated heterocycles. The number of nitrogens with zero attached hydrogens (tertiary/aromatic N) is 1. The normalized spacial score (nSPS) is 23.2. The smallest absolute Gasteiger partial charge is 0.0105 e. The number of nitrogens with one attached hydrogen (secondary N) is 1. The van der Waals surface area contributed by atoms with Crippen LogP contribution >= 0.6 is 0 Å². The summed E-state index contributed by atoms with van der Waals surface area (Å²) in [6, 6.07) is 0.733. The van der Waals surface area contributed by atoms with E-state index < -0.39 is 0 Å². The van der Waals surface area contributed by atoms with Gasteiger partial charge in [0.25, 0.3) is 0 Å². The molecule has 0 spiro atoms. The summed E-state index contributed by atoms with van der Waals surface area (Å²) in [6.07, 6.45) is 4.02. The summed E-state index contributed by atoms with van der Waals surface area (Å²) in [5.41, 5.74) is 0. The Labute approximate surface area is 102 Å². The number of hydrogen-bond donors (Lipinski definition) is 1. The van der Waals surface area contributed by atoms with Crippen molar-refractivity contribution in [3.05, 3.63) is 0 Å². The zero-order valence-corrected chi connectivity index (χ0v) is 11.6. The van der Waals surface area contributed by atoms with E-state index in [1.54, 1.807) is 0 Å². The third-order valence-corrected chi connectivity index (χ3v) is 4.11. The molecule has 1 aliphatic heterocycles. The number of piperidine rings is 1. The minimum Gasteiger partial charge on any atom is -0.316 e. The Balaban J connectivity index is 2.24. The van der Waals surface area contributed by atoms with Crippen LogP contribution in [0.15, 0.2) is 0 Å². The number of hydrogen-bond acceptors (Lipinski definition) is 2. The fraction of sp³-hybridized carbons (Fsp3) is 1.00. The Morgan fingerprint density at radius 1 is 1.25 bits per heavy atom. The van der Waals surface area contributed by atoms with Crippen molar-refractivity contribution in [2.75, 3.05) is 26.2 Å². The van der Waals surface area contributed by atoms with Gasteiger partial charge in [0, 0.05) is 6.04 Å². The highest BCUT2D eigenvalue weighted by Gasteiger charge is 2.23. The Kier molecular flexibility index (Phi) is 6.37. The topological polar surface area (TPSA) is 15.3 Å². The highest BCUT2D eigenvalue weighted by atomic mass is 15.2. The molecule has 2 nitrogen and oxygen atoms in total. The summed E-state index contributed by atoms with van der Waals surface area (Å²) in [6.45, 7) is 14.3. The van der Waals surface area contributed by atoms with Crippen molar-refractivity contribution in [1.29, 1.82) is 0 Å². The molecular weight excluding hydrogens is 196 g/mol. The van der Waals surface area contributed by atoms with Gasteiger partial charge in [-0.2, -0.15) is 0 Å². The molecule has 2 atom stereocenters. The maximum Gasteiger partial charge on any atom is 0.0105 e. The van der Waals surface area contributed by atoms with Gasteiger partial charge in [-0.15, -0.1) is 0 Å². The molecule has 0 aromatic heterocycles. The van der Waals surface area contributed by atoms with Crippen LogP contribution < -0.4 is 5.32 Å². The maximum atomic E-state index is 3.54. The van der Waals surface area contributed by atoms with Crippen molar-refractivity contribution in [1.82, 2.24) is 10.2 Å². The van der Waals surface area contributed by atoms with Crippen LogP contribution in [-0.4, -0.2) is 37.1 Å². The van der Waals surface area contributed by atoms with Crippen LogP contribution in [0.2, 0.25) is 0 Å². The van der Waals surface area contributed by atoms with Gasteiger partial charge in [-0.05, 0) is 64.2 Å². The van der Waals surface area contributed by atoms with Crippen LogP contribution in [0.3, 0.4) is 0 Å². The van der Waals surface area contributed by atoms with Crippen molar-refractivity contribution >= 4 is 0 Å². The Hall–Kier alpha value is -0.0800. The first-order chi connectivity index (χ1) is 7.65. The van der Waals surface area contributed by atoms with Crippen molar-refractivity contribution in [2.45, 2.75) is 53.0 Å². The fourth-order valence-electron chi connectivity index (χ4n) is 2.47. The van der Waals surface area contributed by atoms with Crippen LogP contribution in [0.1, 0.15) is 47.0 Å². The van der Waals surface area contributed by atoms with Gasteiger partial charge in [0.2, 0.25) is 0 Å². The lowest BCUT2D eigenvalue weighted by Gasteiger charge is -2.37. The molecule has 0 amide bonds. The standard InChI is InChI=1S/C14H30N2/c1-5-8-15-11-13(3)14(4)16-9-6-12(2)7-10-16/h12-15H,5-11H2,1-4H3. The van der Waals surface area contributed by atoms with E-state index in [1.807, 2.05) is 0 Å². The second kappa shape index (κ2) is 7.29. The van der Waals surface area contributed by atoms with Crippen LogP contribution in [0.4, 0.5) is 0 Å². The lowest BCUT2D eigenvalue weighted by Crippen LogP contribution is -2.45. The van der Waals surface area contributed by atoms with Gasteiger partial charge in [0.1, 0.15) is 0 Å². The number of rotatable bonds is 6. The molecule has 1 heterocycles. The van der Waals surface area contributed by atoms with Gasteiger partial charge in [-0.3, -0.25) is 0 Å². The summed E-state index contributed by atoms with van der Waals surface area (Å²) in [5, 5.41) is 3.54. The molecule has 96 valence electrons. The molecule has 1 N–H and O–H groups in total. The lowest BCUT2D eigenvalue weighted by atomic mass is 9.94. The average Bonchev–Trinajstić information content (AvgIpc) is 2.29. The highest BCUT2D eigenvalue weighted by molar-refractivity contribution is 4.78. The fourth-order valence-corrected chi connectivity index (χ4v) is 2.47. The molecule has 2 heteroatoms. The number of likely N-dealkylation sites (tertiary alicyclic amines) is 1. The minimum atomic E-state index is 0.733. The predicted molar refractivity (Wildman–Crippen MR) is 71.8 cm³/mol. The van der Waals surface area contributed by atoms with Crippen LogP contribution in [-0.2, 0) is 0 Å². The maximum absolute atomic E-state index is 3.54. The summed E-state index contributed by atoms with van der Waals surface area (Å²) >= 11 is 0. The van der Waals surface area contributed by atoms with Crippen molar-refractivity contribution in [3.8, 4) is 0 Å². The molecule has 2 unspecified atom stereocenters. The molecule has 0 radical (unpaired) electrons. The van der Waals surface area contributed by atoms with E-state index in [4.69, 9.17) is 0 Å². The molecule has 0 saturated carbocycles. The first-order valence-corrected chi connectivity index (χ1v) is 7.09. The molecule has 0 aromatic carbocycles. The van der Waals surface area contributed by atoms with E-state index in [1.165, 1.54) is 38.9 Å². The van der Waals surface area contributed by atoms with E-state index in [0.29, 0.717) is 0 Å². The molecule has 0 aliphatic carbocycles. The van der Waals surface area contributed by atoms with Crippen molar-refractivity contribution < 1.29 is 0 Å². The van der Waals surface area contributed by atoms with E-state index in [-0.39, 0.29) is 0 Å². The second-order valence-electron chi connectivity index (χ2n) is 5.64. The molecule has 0 aromatic rings. The molecule has 1 fully saturated rings. The summed E-state index contributed by atoms with van der Waals surface area (Å²) in [7, 11) is 0. The lowest BCUT2D eigenvalue weighted by molar-refractivity contribution is 0.113. The van der Waals surface area contributed by atoms with E-state index in [2.05, 4.69) is 37.9 Å². The van der Waals surface area contributed by atoms with Gasteiger partial charge in [0.15, 0.2) is 0 Å². The quantitative estimate of drug-likeness (QED) is 0.701. The first kappa shape index (κ1) is 14.0. The third-order valence-electron chi connectivity index (χ3n) is 4.11. The van der Waals surface area contributed by atoms with E-state index in [9.17, 15) is 0 Å². The second-order valence-corrected chi connectivity index (χ2v) is 5.64. The van der Waals surface area contributed by atoms with Crippen LogP contribution in [0.25, 0.3) is 0 Å². The SMILES string of the molecule is CCCNCC(C)C(C)N1CCC(C)CC1. The van der Waals surface area contributed by atoms with Gasteiger partial charge in [-0.1, -0.05) is 20.8 Å². The predicted octanol–water partition coefficient (Wildman–Crippen LogP) is 2.74. The molecular formula is C14H30N2. The van der Waals surface area contributed by atoms with Crippen molar-refractivity contribution in [3.63, 3.8) is 0 Å². The average molecular weight is 226 g/mol. The molecule has 1 rings (SSSR count). The molecule has 0 bridgehead atoms. The van der Waals surface area contributed by atoms with Gasteiger partial charge in [-0.25, -0.2) is 0 Å². The monoisotopic (exact) mass is 226 g/mol. The van der Waals surface area contributed by atoms with Crippen LogP contribution in [0, 0.1) is 11.8 Å². The van der Waals surface area contributed by atoms with Crippen molar-refractivity contribution in [2.24, 2.45) is 11.8 Å². The zero-order chi connectivity index (χ0) is 12.0. The third kappa shape index (κ3) is 4.42.